The van der Waals surface area contributed by atoms with E-state index in [0.717, 1.165) is 95.2 Å². The standard InChI is InChI=1S/C17H21IN2O2.C16H19ClIN3O.C16H19FIN3O.C12H9IO3.Cl3OP/c1-3-20(4-2)8-7-19-17(22)13-9-12-5-6-14(18)11-15(12)16(21)10-13;2*1-3-21(4-2)8-7-19-16(22)15-10-13(17)12-9-11(18)5-6-14(12)20-15;1-16-12(15)8-4-7-2-3-9(13)6-10(7)11(14)5-8;1-5(2,3)4/h5-6,10-11H,3-4,7-9H2,1-2H3,(H,19,22);2*5-6,9-10H,3-4,7-8H2,1-2H3,(H,19,22);2-3,5-6H,4H2,1H3;. The van der Waals surface area contributed by atoms with Crippen LogP contribution in [0.3, 0.4) is 0 Å². The molecule has 3 amide bonds. The van der Waals surface area contributed by atoms with Gasteiger partial charge in [0.2, 0.25) is 5.91 Å². The van der Waals surface area contributed by atoms with Crippen molar-refractivity contribution in [1.82, 2.24) is 40.6 Å². The highest BCUT2D eigenvalue weighted by Crippen LogP contribution is 2.61. The molecule has 2 aliphatic carbocycles. The number of pyridine rings is 2. The number of carbonyl (C=O) groups is 6. The number of nitrogens with zero attached hydrogens (tertiary/aromatic N) is 5. The zero-order chi connectivity index (χ0) is 64.5. The van der Waals surface area contributed by atoms with Crippen LogP contribution < -0.4 is 16.0 Å². The smallest absolute Gasteiger partial charge is 0.339 e. The van der Waals surface area contributed by atoms with Gasteiger partial charge in [-0.1, -0.05) is 65.3 Å². The Morgan fingerprint density at radius 3 is 1.33 bits per heavy atom. The maximum atomic E-state index is 14.1. The Balaban J connectivity index is 0.000000243. The first-order valence-corrected chi connectivity index (χ1v) is 36.7. The van der Waals surface area contributed by atoms with Crippen molar-refractivity contribution in [3.05, 3.63) is 167 Å². The lowest BCUT2D eigenvalue weighted by Gasteiger charge is -2.19. The summed E-state index contributed by atoms with van der Waals surface area (Å²) in [6.45, 7) is 22.5. The van der Waals surface area contributed by atoms with Gasteiger partial charge < -0.3 is 35.4 Å². The molecule has 468 valence electrons. The van der Waals surface area contributed by atoms with Crippen molar-refractivity contribution in [1.29, 1.82) is 0 Å². The highest BCUT2D eigenvalue weighted by Gasteiger charge is 2.24. The van der Waals surface area contributed by atoms with Gasteiger partial charge >= 0.3 is 11.2 Å². The van der Waals surface area contributed by atoms with E-state index in [2.05, 4.69) is 211 Å². The number of nitrogens with one attached hydrogen (secondary N) is 3. The number of amides is 3. The van der Waals surface area contributed by atoms with Crippen molar-refractivity contribution in [2.24, 2.45) is 0 Å². The molecule has 6 aromatic rings. The van der Waals surface area contributed by atoms with Crippen LogP contribution in [0.5, 0.6) is 0 Å². The van der Waals surface area contributed by atoms with E-state index < -0.39 is 17.0 Å². The Morgan fingerprint density at radius 1 is 0.552 bits per heavy atom. The fourth-order valence-electron chi connectivity index (χ4n) is 8.70. The molecule has 0 bridgehead atoms. The van der Waals surface area contributed by atoms with Gasteiger partial charge in [0, 0.05) is 106 Å². The third kappa shape index (κ3) is 25.6. The Morgan fingerprint density at radius 2 is 0.908 bits per heavy atom. The fraction of sp³-hybridized carbons (Fsp3) is 0.344. The molecule has 0 unspecified atom stereocenters. The molecule has 87 heavy (non-hydrogen) atoms. The minimum Gasteiger partial charge on any atom is -0.466 e. The second-order valence-corrected chi connectivity index (χ2v) is 31.1. The maximum Gasteiger partial charge on any atom is 0.339 e. The molecule has 0 radical (unpaired) electrons. The molecule has 8 rings (SSSR count). The maximum absolute atomic E-state index is 14.1. The van der Waals surface area contributed by atoms with Crippen LogP contribution in [0, 0.1) is 20.1 Å². The summed E-state index contributed by atoms with van der Waals surface area (Å²) in [4.78, 5) is 87.2. The number of methoxy groups -OCH3 is 1. The van der Waals surface area contributed by atoms with E-state index in [9.17, 15) is 37.7 Å². The Kier molecular flexibility index (Phi) is 33.5. The topological polar surface area (TPSA) is 200 Å². The number of carbonyl (C=O) groups excluding carboxylic acids is 6. The molecule has 0 atom stereocenters. The summed E-state index contributed by atoms with van der Waals surface area (Å²) in [6, 6.07) is 25.4. The van der Waals surface area contributed by atoms with Crippen LogP contribution in [0.2, 0.25) is 5.02 Å². The molecule has 2 aromatic heterocycles. The van der Waals surface area contributed by atoms with E-state index >= 15 is 0 Å². The quantitative estimate of drug-likeness (QED) is 0.0393. The molecule has 26 heteroatoms. The average molecular weight is 1740 g/mol. The monoisotopic (exact) mass is 1740 g/mol. The van der Waals surface area contributed by atoms with Crippen molar-refractivity contribution in [2.45, 2.75) is 54.4 Å². The largest absolute Gasteiger partial charge is 0.466 e. The number of fused-ring (bicyclic) bond motifs is 4. The summed E-state index contributed by atoms with van der Waals surface area (Å²) in [5.41, 5.74) is 5.89. The molecule has 0 saturated carbocycles. The first-order chi connectivity index (χ1) is 41.2. The number of benzene rings is 4. The van der Waals surface area contributed by atoms with Gasteiger partial charge in [0.1, 0.15) is 17.2 Å². The first kappa shape index (κ1) is 76.0. The van der Waals surface area contributed by atoms with Crippen LogP contribution in [0.25, 0.3) is 21.8 Å². The number of aromatic nitrogens is 2. The van der Waals surface area contributed by atoms with Gasteiger partial charge in [-0.25, -0.2) is 19.2 Å². The zero-order valence-corrected chi connectivity index (χ0v) is 61.5. The van der Waals surface area contributed by atoms with Crippen LogP contribution in [-0.4, -0.2) is 146 Å². The number of esters is 1. The van der Waals surface area contributed by atoms with E-state index in [1.165, 1.54) is 25.3 Å². The van der Waals surface area contributed by atoms with Gasteiger partial charge in [0.25, 0.3) is 11.8 Å². The number of likely N-dealkylation sites (N-methyl/N-ethyl adjacent to an activating group) is 3. The van der Waals surface area contributed by atoms with Gasteiger partial charge in [-0.15, -0.1) is 0 Å². The Labute approximate surface area is 581 Å². The zero-order valence-electron chi connectivity index (χ0n) is 49.0. The molecule has 0 aliphatic heterocycles. The number of ketones is 2. The molecule has 0 fully saturated rings. The third-order valence-electron chi connectivity index (χ3n) is 13.5. The summed E-state index contributed by atoms with van der Waals surface area (Å²) >= 11 is 28.8. The lowest BCUT2D eigenvalue weighted by molar-refractivity contribution is -0.136. The Hall–Kier alpha value is -3.48. The van der Waals surface area contributed by atoms with Gasteiger partial charge in [0.05, 0.1) is 23.2 Å². The van der Waals surface area contributed by atoms with Gasteiger partial charge in [-0.05, 0) is 253 Å². The van der Waals surface area contributed by atoms with Crippen molar-refractivity contribution in [2.75, 3.05) is 85.6 Å². The average Bonchev–Trinajstić information content (AvgIpc) is 1.37. The summed E-state index contributed by atoms with van der Waals surface area (Å²) in [7, 11) is 1.32. The third-order valence-corrected chi connectivity index (χ3v) is 16.5. The number of rotatable bonds is 19. The second-order valence-electron chi connectivity index (χ2n) is 19.1. The number of halogens is 9. The van der Waals surface area contributed by atoms with Crippen molar-refractivity contribution in [3.63, 3.8) is 0 Å². The van der Waals surface area contributed by atoms with E-state index in [1.54, 1.807) is 18.2 Å². The van der Waals surface area contributed by atoms with Crippen LogP contribution >= 0.6 is 141 Å². The van der Waals surface area contributed by atoms with Crippen LogP contribution in [0.15, 0.2) is 108 Å². The van der Waals surface area contributed by atoms with E-state index in [0.29, 0.717) is 76.4 Å². The van der Waals surface area contributed by atoms with Gasteiger partial charge in [0.15, 0.2) is 11.6 Å². The Bertz CT molecular complexity index is 3410. The lowest BCUT2D eigenvalue weighted by Crippen LogP contribution is -2.36. The summed E-state index contributed by atoms with van der Waals surface area (Å²) in [5.74, 6) is -1.71. The molecule has 2 aliphatic rings. The highest BCUT2D eigenvalue weighted by molar-refractivity contribution is 14.1. The molecule has 0 spiro atoms. The summed E-state index contributed by atoms with van der Waals surface area (Å²) in [6.07, 6.45) is 3.83. The number of ether oxygens (including phenoxy) is 1. The minimum atomic E-state index is -3.22. The van der Waals surface area contributed by atoms with E-state index in [4.69, 9.17) is 11.6 Å². The van der Waals surface area contributed by atoms with Crippen LogP contribution in [0.1, 0.15) is 94.4 Å². The van der Waals surface area contributed by atoms with E-state index in [1.807, 2.05) is 60.7 Å². The van der Waals surface area contributed by atoms with Gasteiger partial charge in [-0.3, -0.25) is 28.5 Å². The van der Waals surface area contributed by atoms with Crippen molar-refractivity contribution in [3.8, 4) is 0 Å². The van der Waals surface area contributed by atoms with Crippen LogP contribution in [-0.2, 0) is 31.7 Å². The second kappa shape index (κ2) is 38.4. The number of hydrogen-bond acceptors (Lipinski definition) is 13. The SMILES string of the molecule is CCN(CC)CCNC(=O)C1=CC(=O)c2cc(I)ccc2C1.CCN(CC)CCNC(=O)c1cc(Cl)c2cc(I)ccc2n1.CCN(CC)CCNC(=O)c1cc(F)c2cc(I)ccc2n1.COC(=O)C1=CC(=O)c2cc(I)ccc2C1.O=P(Cl)(Cl)Cl. The normalized spacial score (nSPS) is 12.4. The molecular weight excluding hydrogens is 1670 g/mol. The van der Waals surface area contributed by atoms with Crippen LogP contribution in [0.4, 0.5) is 4.39 Å². The lowest BCUT2D eigenvalue weighted by atomic mass is 9.90. The predicted octanol–water partition coefficient (Wildman–Crippen LogP) is 14.0. The highest BCUT2D eigenvalue weighted by atomic mass is 127. The molecular formula is C61H68Cl4FI4N8O8P. The van der Waals surface area contributed by atoms with E-state index in [-0.39, 0.29) is 35.0 Å². The number of hydrogen-bond donors (Lipinski definition) is 3. The first-order valence-electron chi connectivity index (χ1n) is 27.6. The molecule has 0 saturated heterocycles. The summed E-state index contributed by atoms with van der Waals surface area (Å²) in [5, 5.41) is 7.24. The van der Waals surface area contributed by atoms with Gasteiger partial charge in [-0.2, -0.15) is 0 Å². The summed E-state index contributed by atoms with van der Waals surface area (Å²) < 4.78 is 32.3. The van der Waals surface area contributed by atoms with Crippen molar-refractivity contribution >= 4 is 198 Å². The molecule has 3 N–H and O–H groups in total. The van der Waals surface area contributed by atoms with Crippen molar-refractivity contribution < 1.29 is 42.5 Å². The number of allylic oxidation sites excluding steroid dienone is 2. The predicted molar refractivity (Wildman–Crippen MR) is 383 cm³/mol. The molecule has 2 heterocycles. The molecule has 4 aromatic carbocycles. The minimum absolute atomic E-state index is 0.0753. The fourth-order valence-corrected chi connectivity index (χ4v) is 10.9. The molecule has 16 nitrogen and oxygen atoms in total.